The maximum Gasteiger partial charge on any atom is 0.137 e. The Kier molecular flexibility index (Phi) is 5.66. The van der Waals surface area contributed by atoms with Crippen molar-refractivity contribution in [3.63, 3.8) is 0 Å². The minimum Gasteiger partial charge on any atom is -0.380 e. The van der Waals surface area contributed by atoms with Crippen LogP contribution in [0.4, 0.5) is 0 Å². The molecule has 1 saturated heterocycles. The summed E-state index contributed by atoms with van der Waals surface area (Å²) in [5.74, 6) is 1.55. The van der Waals surface area contributed by atoms with Crippen LogP contribution >= 0.6 is 0 Å². The summed E-state index contributed by atoms with van der Waals surface area (Å²) in [6, 6.07) is 8.45. The minimum absolute atomic E-state index is 0.558. The molecule has 1 fully saturated rings. The molecule has 2 aromatic heterocycles. The second kappa shape index (κ2) is 7.92. The lowest BCUT2D eigenvalue weighted by atomic mass is 10.1. The van der Waals surface area contributed by atoms with Gasteiger partial charge < -0.3 is 14.2 Å². The standard InChI is InChI=1S/C19H28N4O/c1-16-6-7-20-19(11-16)23-8-4-5-18(23)14-22-9-10-24-15-17(13-22)12-21(2)3/h4-8,11,17H,9-10,12-15H2,1-3H3/t17-/m1/s1. The van der Waals surface area contributed by atoms with Gasteiger partial charge in [-0.1, -0.05) is 0 Å². The third kappa shape index (κ3) is 4.44. The molecule has 1 atom stereocenters. The van der Waals surface area contributed by atoms with Crippen molar-refractivity contribution < 1.29 is 4.74 Å². The van der Waals surface area contributed by atoms with Gasteiger partial charge in [0.1, 0.15) is 5.82 Å². The molecule has 0 radical (unpaired) electrons. The van der Waals surface area contributed by atoms with E-state index in [-0.39, 0.29) is 0 Å². The first kappa shape index (κ1) is 17.1. The Bertz CT molecular complexity index is 652. The smallest absolute Gasteiger partial charge is 0.137 e. The van der Waals surface area contributed by atoms with Crippen LogP contribution in [0.3, 0.4) is 0 Å². The Labute approximate surface area is 144 Å². The summed E-state index contributed by atoms with van der Waals surface area (Å²) in [6.07, 6.45) is 3.98. The predicted octanol–water partition coefficient (Wildman–Crippen LogP) is 2.19. The van der Waals surface area contributed by atoms with E-state index in [9.17, 15) is 0 Å². The van der Waals surface area contributed by atoms with Gasteiger partial charge in [0.25, 0.3) is 0 Å². The lowest BCUT2D eigenvalue weighted by Crippen LogP contribution is -2.34. The van der Waals surface area contributed by atoms with E-state index in [1.54, 1.807) is 0 Å². The highest BCUT2D eigenvalue weighted by Crippen LogP contribution is 2.16. The number of hydrogen-bond donors (Lipinski definition) is 0. The summed E-state index contributed by atoms with van der Waals surface area (Å²) in [5.41, 5.74) is 2.51. The van der Waals surface area contributed by atoms with E-state index >= 15 is 0 Å². The van der Waals surface area contributed by atoms with Crippen molar-refractivity contribution in [1.29, 1.82) is 0 Å². The van der Waals surface area contributed by atoms with E-state index in [0.717, 1.165) is 45.2 Å². The largest absolute Gasteiger partial charge is 0.380 e. The minimum atomic E-state index is 0.558. The summed E-state index contributed by atoms with van der Waals surface area (Å²) in [5, 5.41) is 0. The third-order valence-electron chi connectivity index (χ3n) is 4.41. The van der Waals surface area contributed by atoms with Crippen LogP contribution in [0.5, 0.6) is 0 Å². The van der Waals surface area contributed by atoms with Crippen molar-refractivity contribution in [2.24, 2.45) is 5.92 Å². The van der Waals surface area contributed by atoms with Gasteiger partial charge in [0, 0.05) is 50.2 Å². The van der Waals surface area contributed by atoms with Gasteiger partial charge in [0.05, 0.1) is 13.2 Å². The first-order chi connectivity index (χ1) is 11.6. The van der Waals surface area contributed by atoms with Gasteiger partial charge in [0.2, 0.25) is 0 Å². The molecule has 0 amide bonds. The van der Waals surface area contributed by atoms with Crippen molar-refractivity contribution in [3.8, 4) is 5.82 Å². The summed E-state index contributed by atoms with van der Waals surface area (Å²) >= 11 is 0. The molecule has 0 bridgehead atoms. The molecule has 3 rings (SSSR count). The molecule has 0 saturated carbocycles. The van der Waals surface area contributed by atoms with E-state index in [1.165, 1.54) is 11.3 Å². The third-order valence-corrected chi connectivity index (χ3v) is 4.41. The molecule has 3 heterocycles. The molecule has 1 aliphatic heterocycles. The highest BCUT2D eigenvalue weighted by atomic mass is 16.5. The van der Waals surface area contributed by atoms with Gasteiger partial charge >= 0.3 is 0 Å². The highest BCUT2D eigenvalue weighted by Gasteiger charge is 2.20. The summed E-state index contributed by atoms with van der Waals surface area (Å²) in [7, 11) is 4.26. The Hall–Kier alpha value is -1.69. The Balaban J connectivity index is 1.73. The molecule has 5 heteroatoms. The van der Waals surface area contributed by atoms with Crippen molar-refractivity contribution in [1.82, 2.24) is 19.4 Å². The summed E-state index contributed by atoms with van der Waals surface area (Å²) < 4.78 is 7.99. The number of aromatic nitrogens is 2. The Morgan fingerprint density at radius 1 is 1.33 bits per heavy atom. The fourth-order valence-electron chi connectivity index (χ4n) is 3.37. The van der Waals surface area contributed by atoms with Crippen LogP contribution in [0.25, 0.3) is 5.82 Å². The molecule has 1 aliphatic rings. The second-order valence-electron chi connectivity index (χ2n) is 7.00. The molecule has 2 aromatic rings. The van der Waals surface area contributed by atoms with Gasteiger partial charge in [0.15, 0.2) is 0 Å². The van der Waals surface area contributed by atoms with E-state index in [4.69, 9.17) is 4.74 Å². The Morgan fingerprint density at radius 2 is 2.21 bits per heavy atom. The van der Waals surface area contributed by atoms with Gasteiger partial charge in [-0.2, -0.15) is 0 Å². The fraction of sp³-hybridized carbons (Fsp3) is 0.526. The molecular weight excluding hydrogens is 300 g/mol. The van der Waals surface area contributed by atoms with Crippen molar-refractivity contribution >= 4 is 0 Å². The molecule has 24 heavy (non-hydrogen) atoms. The van der Waals surface area contributed by atoms with Crippen molar-refractivity contribution in [2.45, 2.75) is 13.5 Å². The zero-order chi connectivity index (χ0) is 16.9. The monoisotopic (exact) mass is 328 g/mol. The van der Waals surface area contributed by atoms with Crippen LogP contribution in [0.15, 0.2) is 36.7 Å². The number of pyridine rings is 1. The SMILES string of the molecule is Cc1ccnc(-n2cccc2CN2CCOC[C@H](CN(C)C)C2)c1. The molecule has 0 spiro atoms. The van der Waals surface area contributed by atoms with Crippen LogP contribution in [0.1, 0.15) is 11.3 Å². The highest BCUT2D eigenvalue weighted by molar-refractivity contribution is 5.30. The van der Waals surface area contributed by atoms with Crippen LogP contribution in [0.2, 0.25) is 0 Å². The van der Waals surface area contributed by atoms with Gasteiger partial charge in [-0.05, 0) is 50.8 Å². The Morgan fingerprint density at radius 3 is 3.00 bits per heavy atom. The van der Waals surface area contributed by atoms with Crippen LogP contribution in [-0.2, 0) is 11.3 Å². The molecule has 0 aromatic carbocycles. The van der Waals surface area contributed by atoms with Gasteiger partial charge in [-0.3, -0.25) is 4.90 Å². The first-order valence-corrected chi connectivity index (χ1v) is 8.66. The van der Waals surface area contributed by atoms with E-state index in [2.05, 4.69) is 64.8 Å². The van der Waals surface area contributed by atoms with Crippen LogP contribution < -0.4 is 0 Å². The molecule has 5 nitrogen and oxygen atoms in total. The van der Waals surface area contributed by atoms with E-state index in [0.29, 0.717) is 5.92 Å². The topological polar surface area (TPSA) is 33.5 Å². The summed E-state index contributed by atoms with van der Waals surface area (Å²) in [4.78, 5) is 9.27. The van der Waals surface area contributed by atoms with E-state index < -0.39 is 0 Å². The van der Waals surface area contributed by atoms with Crippen LogP contribution in [-0.4, -0.2) is 66.3 Å². The van der Waals surface area contributed by atoms with Gasteiger partial charge in [-0.25, -0.2) is 4.98 Å². The maximum atomic E-state index is 5.80. The molecule has 0 aliphatic carbocycles. The number of ether oxygens (including phenoxy) is 1. The van der Waals surface area contributed by atoms with Gasteiger partial charge in [-0.15, -0.1) is 0 Å². The number of aryl methyl sites for hydroxylation is 1. The predicted molar refractivity (Wildman–Crippen MR) is 96.4 cm³/mol. The number of rotatable bonds is 5. The average molecular weight is 328 g/mol. The lowest BCUT2D eigenvalue weighted by Gasteiger charge is -2.25. The lowest BCUT2D eigenvalue weighted by molar-refractivity contribution is 0.112. The van der Waals surface area contributed by atoms with Crippen molar-refractivity contribution in [2.75, 3.05) is 46.9 Å². The molecule has 0 unspecified atom stereocenters. The fourth-order valence-corrected chi connectivity index (χ4v) is 3.37. The van der Waals surface area contributed by atoms with E-state index in [1.807, 2.05) is 12.3 Å². The average Bonchev–Trinajstić information content (AvgIpc) is 2.87. The van der Waals surface area contributed by atoms with Crippen LogP contribution in [0, 0.1) is 12.8 Å². The summed E-state index contributed by atoms with van der Waals surface area (Å²) in [6.45, 7) is 7.82. The van der Waals surface area contributed by atoms with Crippen molar-refractivity contribution in [3.05, 3.63) is 47.9 Å². The zero-order valence-corrected chi connectivity index (χ0v) is 15.0. The quantitative estimate of drug-likeness (QED) is 0.842. The first-order valence-electron chi connectivity index (χ1n) is 8.66. The molecule has 0 N–H and O–H groups in total. The zero-order valence-electron chi connectivity index (χ0n) is 15.0. The molecule has 130 valence electrons. The normalized spacial score (nSPS) is 19.6. The number of nitrogens with zero attached hydrogens (tertiary/aromatic N) is 4. The maximum absolute atomic E-state index is 5.80. The molecular formula is C19H28N4O. The second-order valence-corrected chi connectivity index (χ2v) is 7.00. The number of hydrogen-bond acceptors (Lipinski definition) is 4.